The summed E-state index contributed by atoms with van der Waals surface area (Å²) < 4.78 is 5.40. The third-order valence-corrected chi connectivity index (χ3v) is 4.96. The van der Waals surface area contributed by atoms with Crippen molar-refractivity contribution in [2.24, 2.45) is 17.8 Å². The van der Waals surface area contributed by atoms with Crippen LogP contribution in [0.5, 0.6) is 0 Å². The van der Waals surface area contributed by atoms with Crippen LogP contribution in [0.3, 0.4) is 0 Å². The summed E-state index contributed by atoms with van der Waals surface area (Å²) in [6.07, 6.45) is 7.87. The number of rotatable bonds is 3. The van der Waals surface area contributed by atoms with Gasteiger partial charge in [-0.2, -0.15) is 0 Å². The molecule has 4 nitrogen and oxygen atoms in total. The van der Waals surface area contributed by atoms with Gasteiger partial charge in [-0.15, -0.1) is 0 Å². The van der Waals surface area contributed by atoms with Crippen molar-refractivity contribution in [3.8, 4) is 0 Å². The van der Waals surface area contributed by atoms with E-state index in [0.717, 1.165) is 24.0 Å². The van der Waals surface area contributed by atoms with Crippen molar-refractivity contribution in [2.45, 2.75) is 58.2 Å². The molecule has 1 aliphatic heterocycles. The van der Waals surface area contributed by atoms with E-state index in [1.165, 1.54) is 0 Å². The molecule has 1 fully saturated rings. The maximum Gasteiger partial charge on any atom is 0.313 e. The van der Waals surface area contributed by atoms with Gasteiger partial charge in [0.05, 0.1) is 24.2 Å². The zero-order valence-electron chi connectivity index (χ0n) is 15.0. The summed E-state index contributed by atoms with van der Waals surface area (Å²) in [7, 11) is 0. The van der Waals surface area contributed by atoms with Gasteiger partial charge < -0.3 is 14.9 Å². The van der Waals surface area contributed by atoms with Gasteiger partial charge in [-0.1, -0.05) is 36.0 Å². The molecule has 0 unspecified atom stereocenters. The van der Waals surface area contributed by atoms with Crippen LogP contribution in [0.1, 0.15) is 46.5 Å². The molecule has 1 aliphatic carbocycles. The monoisotopic (exact) mass is 334 g/mol. The van der Waals surface area contributed by atoms with E-state index in [0.29, 0.717) is 19.4 Å². The fourth-order valence-corrected chi connectivity index (χ4v) is 3.63. The first kappa shape index (κ1) is 18.9. The van der Waals surface area contributed by atoms with Crippen molar-refractivity contribution in [2.75, 3.05) is 6.61 Å². The second-order valence-corrected chi connectivity index (χ2v) is 7.85. The van der Waals surface area contributed by atoms with E-state index in [1.54, 1.807) is 13.8 Å². The molecule has 134 valence electrons. The minimum absolute atomic E-state index is 0.0773. The number of hydrogen-bond acceptors (Lipinski definition) is 4. The number of ether oxygens (including phenoxy) is 1. The molecular weight excluding hydrogens is 304 g/mol. The SMILES string of the molecule is C=C1C[C@@H](O)/C=C(\C)CC[C@@H]2[C@@H](/C=C/CC(C)(C)O)C(=O)OC[C@@H]12. The zero-order valence-corrected chi connectivity index (χ0v) is 15.0. The molecule has 2 aliphatic rings. The molecule has 0 aromatic heterocycles. The molecule has 2 N–H and O–H groups in total. The van der Waals surface area contributed by atoms with E-state index in [-0.39, 0.29) is 23.7 Å². The second-order valence-electron chi connectivity index (χ2n) is 7.85. The third kappa shape index (κ3) is 5.05. The molecule has 2 rings (SSSR count). The Labute approximate surface area is 144 Å². The number of carbonyl (C=O) groups is 1. The lowest BCUT2D eigenvalue weighted by Crippen LogP contribution is -2.39. The van der Waals surface area contributed by atoms with E-state index >= 15 is 0 Å². The first-order chi connectivity index (χ1) is 11.2. The van der Waals surface area contributed by atoms with Crippen molar-refractivity contribution < 1.29 is 19.7 Å². The maximum atomic E-state index is 12.3. The normalized spacial score (nSPS) is 34.6. The molecular formula is C20H30O4. The van der Waals surface area contributed by atoms with Crippen LogP contribution in [-0.2, 0) is 9.53 Å². The molecule has 4 heteroatoms. The van der Waals surface area contributed by atoms with Gasteiger partial charge in [0, 0.05) is 5.92 Å². The van der Waals surface area contributed by atoms with Crippen LogP contribution in [0.4, 0.5) is 0 Å². The molecule has 1 saturated heterocycles. The van der Waals surface area contributed by atoms with E-state index in [1.807, 2.05) is 25.2 Å². The summed E-state index contributed by atoms with van der Waals surface area (Å²) in [5, 5.41) is 20.0. The van der Waals surface area contributed by atoms with Gasteiger partial charge >= 0.3 is 5.97 Å². The molecule has 0 aromatic rings. The van der Waals surface area contributed by atoms with Crippen LogP contribution in [0, 0.1) is 17.8 Å². The van der Waals surface area contributed by atoms with Crippen molar-refractivity contribution in [3.05, 3.63) is 36.0 Å². The first-order valence-corrected chi connectivity index (χ1v) is 8.76. The highest BCUT2D eigenvalue weighted by Gasteiger charge is 2.40. The predicted octanol–water partition coefficient (Wildman–Crippen LogP) is 3.16. The van der Waals surface area contributed by atoms with Crippen molar-refractivity contribution in [1.29, 1.82) is 0 Å². The van der Waals surface area contributed by atoms with Gasteiger partial charge in [0.2, 0.25) is 0 Å². The number of hydrogen-bond donors (Lipinski definition) is 2. The fraction of sp³-hybridized carbons (Fsp3) is 0.650. The van der Waals surface area contributed by atoms with Gasteiger partial charge in [-0.25, -0.2) is 0 Å². The Hall–Kier alpha value is -1.39. The molecule has 4 atom stereocenters. The van der Waals surface area contributed by atoms with E-state index in [2.05, 4.69) is 6.58 Å². The number of aliphatic hydroxyl groups excluding tert-OH is 1. The summed E-state index contributed by atoms with van der Waals surface area (Å²) in [4.78, 5) is 12.3. The Morgan fingerprint density at radius 3 is 2.83 bits per heavy atom. The summed E-state index contributed by atoms with van der Waals surface area (Å²) in [6, 6.07) is 0. The van der Waals surface area contributed by atoms with Crippen molar-refractivity contribution >= 4 is 5.97 Å². The lowest BCUT2D eigenvalue weighted by molar-refractivity contribution is -0.157. The van der Waals surface area contributed by atoms with Crippen LogP contribution in [0.2, 0.25) is 0 Å². The third-order valence-electron chi connectivity index (χ3n) is 4.96. The highest BCUT2D eigenvalue weighted by molar-refractivity contribution is 5.75. The van der Waals surface area contributed by atoms with E-state index in [4.69, 9.17) is 4.74 Å². The van der Waals surface area contributed by atoms with E-state index < -0.39 is 11.7 Å². The van der Waals surface area contributed by atoms with Crippen molar-refractivity contribution in [1.82, 2.24) is 0 Å². The first-order valence-electron chi connectivity index (χ1n) is 8.76. The van der Waals surface area contributed by atoms with Gasteiger partial charge in [0.1, 0.15) is 0 Å². The van der Waals surface area contributed by atoms with Crippen molar-refractivity contribution in [3.63, 3.8) is 0 Å². The molecule has 1 heterocycles. The minimum Gasteiger partial charge on any atom is -0.465 e. The maximum absolute atomic E-state index is 12.3. The molecule has 0 amide bonds. The van der Waals surface area contributed by atoms with Gasteiger partial charge in [0.25, 0.3) is 0 Å². The highest BCUT2D eigenvalue weighted by Crippen LogP contribution is 2.39. The fourth-order valence-electron chi connectivity index (χ4n) is 3.63. The standard InChI is InChI=1S/C20H30O4/c1-13-7-8-16-17(6-5-9-20(3,4)23)19(22)24-12-18(16)14(2)11-15(21)10-13/h5-6,10,15-18,21,23H,2,7-9,11-12H2,1,3-4H3/b6-5+,13-10+/t15-,16+,17+,18-/m0/s1. The lowest BCUT2D eigenvalue weighted by atomic mass is 9.73. The molecule has 24 heavy (non-hydrogen) atoms. The Kier molecular flexibility index (Phi) is 6.05. The summed E-state index contributed by atoms with van der Waals surface area (Å²) in [6.45, 7) is 10.0. The smallest absolute Gasteiger partial charge is 0.313 e. The molecule has 0 aromatic carbocycles. The van der Waals surface area contributed by atoms with Gasteiger partial charge in [0.15, 0.2) is 0 Å². The number of aliphatic hydroxyl groups is 2. The number of allylic oxidation sites excluding steroid dienone is 1. The number of cyclic esters (lactones) is 1. The largest absolute Gasteiger partial charge is 0.465 e. The summed E-state index contributed by atoms with van der Waals surface area (Å²) in [5.74, 6) is -0.303. The lowest BCUT2D eigenvalue weighted by Gasteiger charge is -2.37. The topological polar surface area (TPSA) is 66.8 Å². The molecule has 0 bridgehead atoms. The quantitative estimate of drug-likeness (QED) is 0.614. The van der Waals surface area contributed by atoms with Crippen LogP contribution < -0.4 is 0 Å². The highest BCUT2D eigenvalue weighted by atomic mass is 16.5. The average molecular weight is 334 g/mol. The van der Waals surface area contributed by atoms with Crippen LogP contribution in [-0.4, -0.2) is 34.5 Å². The Morgan fingerprint density at radius 2 is 2.17 bits per heavy atom. The van der Waals surface area contributed by atoms with Gasteiger partial charge in [-0.3, -0.25) is 4.79 Å². The number of fused-ring (bicyclic) bond motifs is 1. The van der Waals surface area contributed by atoms with Crippen LogP contribution in [0.25, 0.3) is 0 Å². The molecule has 0 spiro atoms. The zero-order chi connectivity index (χ0) is 17.9. The van der Waals surface area contributed by atoms with E-state index in [9.17, 15) is 15.0 Å². The Bertz CT molecular complexity index is 538. The van der Waals surface area contributed by atoms with Crippen LogP contribution in [0.15, 0.2) is 36.0 Å². The second kappa shape index (κ2) is 7.66. The van der Waals surface area contributed by atoms with Gasteiger partial charge in [-0.05, 0) is 52.4 Å². The molecule has 0 radical (unpaired) electrons. The Balaban J connectivity index is 2.22. The molecule has 0 saturated carbocycles. The predicted molar refractivity (Wildman–Crippen MR) is 94.2 cm³/mol. The minimum atomic E-state index is -0.792. The Morgan fingerprint density at radius 1 is 1.46 bits per heavy atom. The summed E-state index contributed by atoms with van der Waals surface area (Å²) >= 11 is 0. The average Bonchev–Trinajstić information content (AvgIpc) is 2.49. The number of esters is 1. The van der Waals surface area contributed by atoms with Crippen LogP contribution >= 0.6 is 0 Å². The summed E-state index contributed by atoms with van der Waals surface area (Å²) in [5.41, 5.74) is 1.31. The number of carbonyl (C=O) groups excluding carboxylic acids is 1.